The van der Waals surface area contributed by atoms with E-state index in [1.54, 1.807) is 13.8 Å². The highest BCUT2D eigenvalue weighted by molar-refractivity contribution is 5.84. The van der Waals surface area contributed by atoms with Crippen molar-refractivity contribution in [2.75, 3.05) is 0 Å². The van der Waals surface area contributed by atoms with E-state index < -0.39 is 5.60 Å². The minimum Gasteiger partial charge on any atom is -0.471 e. The highest BCUT2D eigenvalue weighted by Crippen LogP contribution is 2.29. The van der Waals surface area contributed by atoms with Crippen LogP contribution in [-0.4, -0.2) is 20.7 Å². The molecular weight excluding hydrogens is 240 g/mol. The molecule has 0 aliphatic heterocycles. The molecule has 1 aromatic heterocycles. The van der Waals surface area contributed by atoms with Gasteiger partial charge in [-0.05, 0) is 52.3 Å². The number of benzene rings is 1. The highest BCUT2D eigenvalue weighted by Gasteiger charge is 2.19. The van der Waals surface area contributed by atoms with Gasteiger partial charge in [-0.3, -0.25) is 0 Å². The second-order valence-corrected chi connectivity index (χ2v) is 6.18. The van der Waals surface area contributed by atoms with E-state index in [2.05, 4.69) is 9.97 Å². The van der Waals surface area contributed by atoms with E-state index in [4.69, 9.17) is 4.74 Å². The van der Waals surface area contributed by atoms with Crippen molar-refractivity contribution in [1.82, 2.24) is 9.97 Å². The number of nitrogens with zero attached hydrogens (tertiary/aromatic N) is 2. The molecule has 1 N–H and O–H groups in total. The number of aromatic nitrogens is 2. The van der Waals surface area contributed by atoms with Crippen LogP contribution >= 0.6 is 0 Å². The maximum atomic E-state index is 10.1. The lowest BCUT2D eigenvalue weighted by Gasteiger charge is -2.22. The SMILES string of the molecule is CC(C)(C)Oc1ncnc2ccc(C(C)(C)O)cc12. The summed E-state index contributed by atoms with van der Waals surface area (Å²) in [5, 5.41) is 10.9. The lowest BCUT2D eigenvalue weighted by atomic mass is 9.97. The van der Waals surface area contributed by atoms with Crippen molar-refractivity contribution in [2.45, 2.75) is 45.8 Å². The minimum absolute atomic E-state index is 0.327. The molecule has 4 nitrogen and oxygen atoms in total. The van der Waals surface area contributed by atoms with Gasteiger partial charge < -0.3 is 9.84 Å². The van der Waals surface area contributed by atoms with E-state index in [1.807, 2.05) is 39.0 Å². The molecule has 0 radical (unpaired) electrons. The Bertz CT molecular complexity index is 595. The van der Waals surface area contributed by atoms with Crippen LogP contribution in [0.25, 0.3) is 10.9 Å². The smallest absolute Gasteiger partial charge is 0.224 e. The van der Waals surface area contributed by atoms with Gasteiger partial charge in [-0.1, -0.05) is 6.07 Å². The predicted octanol–water partition coefficient (Wildman–Crippen LogP) is 3.03. The third-order valence-corrected chi connectivity index (χ3v) is 2.71. The third kappa shape index (κ3) is 3.20. The maximum absolute atomic E-state index is 10.1. The molecule has 0 saturated heterocycles. The zero-order valence-electron chi connectivity index (χ0n) is 12.1. The highest BCUT2D eigenvalue weighted by atomic mass is 16.5. The van der Waals surface area contributed by atoms with Gasteiger partial charge in [0.15, 0.2) is 0 Å². The molecular formula is C15H20N2O2. The summed E-state index contributed by atoms with van der Waals surface area (Å²) in [5.41, 5.74) is 0.394. The van der Waals surface area contributed by atoms with Gasteiger partial charge in [0.25, 0.3) is 0 Å². The normalized spacial score (nSPS) is 12.7. The van der Waals surface area contributed by atoms with E-state index in [0.717, 1.165) is 16.5 Å². The zero-order chi connectivity index (χ0) is 14.3. The van der Waals surface area contributed by atoms with E-state index in [0.29, 0.717) is 5.88 Å². The van der Waals surface area contributed by atoms with Crippen LogP contribution in [-0.2, 0) is 5.60 Å². The van der Waals surface area contributed by atoms with Gasteiger partial charge in [-0.2, -0.15) is 0 Å². The summed E-state index contributed by atoms with van der Waals surface area (Å²) in [6.07, 6.45) is 1.49. The summed E-state index contributed by atoms with van der Waals surface area (Å²) < 4.78 is 5.85. The van der Waals surface area contributed by atoms with Gasteiger partial charge in [0.1, 0.15) is 11.9 Å². The molecule has 102 valence electrons. The molecule has 0 saturated carbocycles. The van der Waals surface area contributed by atoms with Crippen LogP contribution in [0.5, 0.6) is 5.88 Å². The van der Waals surface area contributed by atoms with Crippen molar-refractivity contribution < 1.29 is 9.84 Å². The van der Waals surface area contributed by atoms with Gasteiger partial charge in [0.2, 0.25) is 5.88 Å². The number of aliphatic hydroxyl groups is 1. The standard InChI is InChI=1S/C15H20N2O2/c1-14(2,3)19-13-11-8-10(15(4,5)18)6-7-12(11)16-9-17-13/h6-9,18H,1-5H3. The lowest BCUT2D eigenvalue weighted by Crippen LogP contribution is -2.23. The van der Waals surface area contributed by atoms with Crippen LogP contribution in [0.2, 0.25) is 0 Å². The molecule has 0 aliphatic rings. The number of fused-ring (bicyclic) bond motifs is 1. The van der Waals surface area contributed by atoms with Crippen molar-refractivity contribution in [3.05, 3.63) is 30.1 Å². The van der Waals surface area contributed by atoms with Crippen LogP contribution in [0.3, 0.4) is 0 Å². The second-order valence-electron chi connectivity index (χ2n) is 6.18. The molecule has 0 bridgehead atoms. The van der Waals surface area contributed by atoms with Crippen LogP contribution in [0.1, 0.15) is 40.2 Å². The fourth-order valence-electron chi connectivity index (χ4n) is 1.78. The van der Waals surface area contributed by atoms with E-state index >= 15 is 0 Å². The molecule has 2 rings (SSSR count). The molecule has 1 heterocycles. The lowest BCUT2D eigenvalue weighted by molar-refractivity contribution is 0.0787. The Labute approximate surface area is 113 Å². The summed E-state index contributed by atoms with van der Waals surface area (Å²) >= 11 is 0. The molecule has 0 atom stereocenters. The topological polar surface area (TPSA) is 55.2 Å². The number of rotatable bonds is 2. The summed E-state index contributed by atoms with van der Waals surface area (Å²) in [6, 6.07) is 5.63. The van der Waals surface area contributed by atoms with E-state index in [1.165, 1.54) is 6.33 Å². The molecule has 0 aliphatic carbocycles. The van der Waals surface area contributed by atoms with Crippen LogP contribution < -0.4 is 4.74 Å². The summed E-state index contributed by atoms with van der Waals surface area (Å²) in [7, 11) is 0. The fraction of sp³-hybridized carbons (Fsp3) is 0.467. The molecule has 1 aromatic carbocycles. The average Bonchev–Trinajstić information content (AvgIpc) is 2.25. The summed E-state index contributed by atoms with van der Waals surface area (Å²) in [4.78, 5) is 8.42. The van der Waals surface area contributed by atoms with Crippen molar-refractivity contribution >= 4 is 10.9 Å². The summed E-state index contributed by atoms with van der Waals surface area (Å²) in [6.45, 7) is 9.42. The molecule has 0 unspecified atom stereocenters. The first-order valence-corrected chi connectivity index (χ1v) is 6.33. The Morgan fingerprint density at radius 2 is 1.74 bits per heavy atom. The van der Waals surface area contributed by atoms with Gasteiger partial charge in [0, 0.05) is 0 Å². The van der Waals surface area contributed by atoms with Gasteiger partial charge in [-0.25, -0.2) is 9.97 Å². The van der Waals surface area contributed by atoms with Crippen LogP contribution in [0.4, 0.5) is 0 Å². The first kappa shape index (κ1) is 13.7. The Morgan fingerprint density at radius 1 is 1.05 bits per heavy atom. The first-order chi connectivity index (χ1) is 8.67. The molecule has 2 aromatic rings. The Kier molecular flexibility index (Phi) is 3.22. The quantitative estimate of drug-likeness (QED) is 0.901. The van der Waals surface area contributed by atoms with Crippen molar-refractivity contribution in [2.24, 2.45) is 0 Å². The average molecular weight is 260 g/mol. The predicted molar refractivity (Wildman–Crippen MR) is 75.2 cm³/mol. The largest absolute Gasteiger partial charge is 0.471 e. The van der Waals surface area contributed by atoms with Gasteiger partial charge in [0.05, 0.1) is 16.5 Å². The monoisotopic (exact) mass is 260 g/mol. The van der Waals surface area contributed by atoms with Gasteiger partial charge >= 0.3 is 0 Å². The maximum Gasteiger partial charge on any atom is 0.224 e. The number of ether oxygens (including phenoxy) is 1. The van der Waals surface area contributed by atoms with Crippen molar-refractivity contribution in [3.8, 4) is 5.88 Å². The number of hydrogen-bond acceptors (Lipinski definition) is 4. The Morgan fingerprint density at radius 3 is 2.32 bits per heavy atom. The third-order valence-electron chi connectivity index (χ3n) is 2.71. The fourth-order valence-corrected chi connectivity index (χ4v) is 1.78. The molecule has 4 heteroatoms. The van der Waals surface area contributed by atoms with Crippen LogP contribution in [0, 0.1) is 0 Å². The number of hydrogen-bond donors (Lipinski definition) is 1. The van der Waals surface area contributed by atoms with E-state index in [-0.39, 0.29) is 5.60 Å². The Balaban J connectivity index is 2.59. The first-order valence-electron chi connectivity index (χ1n) is 6.33. The summed E-state index contributed by atoms with van der Waals surface area (Å²) in [5.74, 6) is 0.545. The molecule has 0 amide bonds. The van der Waals surface area contributed by atoms with E-state index in [9.17, 15) is 5.11 Å². The molecule has 19 heavy (non-hydrogen) atoms. The second kappa shape index (κ2) is 4.46. The molecule has 0 spiro atoms. The zero-order valence-corrected chi connectivity index (χ0v) is 12.1. The Hall–Kier alpha value is -1.68. The van der Waals surface area contributed by atoms with Gasteiger partial charge in [-0.15, -0.1) is 0 Å². The van der Waals surface area contributed by atoms with Crippen LogP contribution in [0.15, 0.2) is 24.5 Å². The van der Waals surface area contributed by atoms with Crippen molar-refractivity contribution in [1.29, 1.82) is 0 Å². The minimum atomic E-state index is -0.900. The van der Waals surface area contributed by atoms with Crippen molar-refractivity contribution in [3.63, 3.8) is 0 Å². The molecule has 0 fully saturated rings.